The van der Waals surface area contributed by atoms with Gasteiger partial charge < -0.3 is 9.88 Å². The monoisotopic (exact) mass is 302 g/mol. The zero-order valence-corrected chi connectivity index (χ0v) is 11.7. The van der Waals surface area contributed by atoms with Crippen molar-refractivity contribution in [2.45, 2.75) is 38.7 Å². The molecule has 1 aromatic rings. The van der Waals surface area contributed by atoms with Crippen molar-refractivity contribution in [1.29, 1.82) is 5.26 Å². The number of alkyl halides is 3. The zero-order valence-electron chi connectivity index (χ0n) is 11.7. The molecule has 0 spiro atoms. The van der Waals surface area contributed by atoms with Crippen LogP contribution in [0.2, 0.25) is 0 Å². The van der Waals surface area contributed by atoms with E-state index in [2.05, 4.69) is 21.6 Å². The zero-order chi connectivity index (χ0) is 15.5. The highest BCUT2D eigenvalue weighted by atomic mass is 19.4. The third-order valence-corrected chi connectivity index (χ3v) is 3.32. The van der Waals surface area contributed by atoms with Gasteiger partial charge in [-0.15, -0.1) is 10.2 Å². The van der Waals surface area contributed by atoms with Crippen LogP contribution >= 0.6 is 0 Å². The second-order valence-electron chi connectivity index (χ2n) is 4.96. The number of rotatable bonds is 5. The van der Waals surface area contributed by atoms with Gasteiger partial charge in [-0.3, -0.25) is 4.90 Å². The first-order valence-corrected chi connectivity index (χ1v) is 6.80. The Morgan fingerprint density at radius 2 is 2.14 bits per heavy atom. The molecule has 6 nitrogen and oxygen atoms in total. The van der Waals surface area contributed by atoms with Gasteiger partial charge in [0.2, 0.25) is 5.82 Å². The molecule has 1 aromatic heterocycles. The molecular formula is C12H17F3N6. The summed E-state index contributed by atoms with van der Waals surface area (Å²) in [5, 5.41) is 19.0. The number of hydrogen-bond acceptors (Lipinski definition) is 5. The summed E-state index contributed by atoms with van der Waals surface area (Å²) in [6.45, 7) is 4.10. The van der Waals surface area contributed by atoms with E-state index in [1.165, 1.54) is 0 Å². The van der Waals surface area contributed by atoms with Gasteiger partial charge in [-0.1, -0.05) is 6.92 Å². The van der Waals surface area contributed by atoms with E-state index in [4.69, 9.17) is 5.26 Å². The lowest BCUT2D eigenvalue weighted by Gasteiger charge is -2.29. The van der Waals surface area contributed by atoms with Crippen LogP contribution in [0, 0.1) is 11.3 Å². The van der Waals surface area contributed by atoms with Crippen LogP contribution in [0.15, 0.2) is 0 Å². The minimum Gasteiger partial charge on any atom is -0.305 e. The molecule has 0 fully saturated rings. The molecule has 1 unspecified atom stereocenters. The number of fused-ring (bicyclic) bond motifs is 1. The van der Waals surface area contributed by atoms with Gasteiger partial charge >= 0.3 is 6.18 Å². The second kappa shape index (κ2) is 6.41. The Morgan fingerprint density at radius 3 is 2.76 bits per heavy atom. The van der Waals surface area contributed by atoms with E-state index in [1.807, 2.05) is 11.8 Å². The molecule has 0 saturated heterocycles. The van der Waals surface area contributed by atoms with Crippen LogP contribution in [-0.2, 0) is 19.3 Å². The fraction of sp³-hybridized carbons (Fsp3) is 0.750. The van der Waals surface area contributed by atoms with Gasteiger partial charge in [0, 0.05) is 19.6 Å². The number of hydrogen-bond donors (Lipinski definition) is 1. The second-order valence-corrected chi connectivity index (χ2v) is 4.96. The number of nitrogens with one attached hydrogen (secondary N) is 1. The van der Waals surface area contributed by atoms with Crippen LogP contribution in [0.4, 0.5) is 13.2 Å². The summed E-state index contributed by atoms with van der Waals surface area (Å²) < 4.78 is 39.3. The summed E-state index contributed by atoms with van der Waals surface area (Å²) in [4.78, 5) is 1.92. The molecule has 0 aliphatic carbocycles. The largest absolute Gasteiger partial charge is 0.451 e. The van der Waals surface area contributed by atoms with Crippen LogP contribution in [0.5, 0.6) is 0 Å². The number of nitriles is 1. The van der Waals surface area contributed by atoms with Crippen LogP contribution in [-0.4, -0.2) is 45.3 Å². The Morgan fingerprint density at radius 1 is 1.38 bits per heavy atom. The average molecular weight is 302 g/mol. The van der Waals surface area contributed by atoms with E-state index in [9.17, 15) is 13.2 Å². The SMILES string of the molecule is CCCNC(C#N)CN1CCn2c(nnc2C(F)(F)F)C1. The quantitative estimate of drug-likeness (QED) is 0.879. The predicted octanol–water partition coefficient (Wildman–Crippen LogP) is 1.00. The smallest absolute Gasteiger partial charge is 0.305 e. The van der Waals surface area contributed by atoms with Crippen molar-refractivity contribution >= 4 is 0 Å². The molecule has 1 aliphatic heterocycles. The first kappa shape index (κ1) is 15.7. The van der Waals surface area contributed by atoms with Gasteiger partial charge in [-0.25, -0.2) is 0 Å². The Bertz CT molecular complexity index is 518. The van der Waals surface area contributed by atoms with Crippen molar-refractivity contribution in [2.75, 3.05) is 19.6 Å². The maximum Gasteiger partial charge on any atom is 0.451 e. The van der Waals surface area contributed by atoms with Gasteiger partial charge in [0.1, 0.15) is 11.9 Å². The summed E-state index contributed by atoms with van der Waals surface area (Å²) in [6.07, 6.45) is -3.56. The van der Waals surface area contributed by atoms with Crippen LogP contribution in [0.3, 0.4) is 0 Å². The molecule has 0 saturated carbocycles. The third-order valence-electron chi connectivity index (χ3n) is 3.32. The van der Waals surface area contributed by atoms with E-state index in [0.717, 1.165) is 17.5 Å². The molecule has 2 heterocycles. The molecule has 1 N–H and O–H groups in total. The van der Waals surface area contributed by atoms with E-state index in [1.54, 1.807) is 0 Å². The summed E-state index contributed by atoms with van der Waals surface area (Å²) in [5.74, 6) is -0.654. The summed E-state index contributed by atoms with van der Waals surface area (Å²) in [5.41, 5.74) is 0. The highest BCUT2D eigenvalue weighted by Crippen LogP contribution is 2.29. The van der Waals surface area contributed by atoms with E-state index >= 15 is 0 Å². The Hall–Kier alpha value is -1.66. The van der Waals surface area contributed by atoms with Gasteiger partial charge in [0.15, 0.2) is 0 Å². The molecule has 0 amide bonds. The molecule has 0 radical (unpaired) electrons. The van der Waals surface area contributed by atoms with E-state index in [-0.39, 0.29) is 19.1 Å². The Kier molecular flexibility index (Phi) is 4.80. The molecule has 1 atom stereocenters. The maximum atomic E-state index is 12.7. The lowest BCUT2D eigenvalue weighted by molar-refractivity contribution is -0.148. The molecule has 0 bridgehead atoms. The Balaban J connectivity index is 2.00. The van der Waals surface area contributed by atoms with Crippen LogP contribution < -0.4 is 5.32 Å². The van der Waals surface area contributed by atoms with Crippen molar-refractivity contribution in [3.63, 3.8) is 0 Å². The lowest BCUT2D eigenvalue weighted by atomic mass is 10.2. The van der Waals surface area contributed by atoms with Gasteiger partial charge in [0.25, 0.3) is 0 Å². The summed E-state index contributed by atoms with van der Waals surface area (Å²) in [7, 11) is 0. The van der Waals surface area contributed by atoms with Crippen molar-refractivity contribution in [1.82, 2.24) is 25.0 Å². The molecule has 1 aliphatic rings. The number of aromatic nitrogens is 3. The molecule has 0 aromatic carbocycles. The Labute approximate surface area is 120 Å². The number of nitrogens with zero attached hydrogens (tertiary/aromatic N) is 5. The molecule has 21 heavy (non-hydrogen) atoms. The van der Waals surface area contributed by atoms with Gasteiger partial charge in [0.05, 0.1) is 12.6 Å². The molecule has 116 valence electrons. The minimum atomic E-state index is -4.48. The topological polar surface area (TPSA) is 69.8 Å². The highest BCUT2D eigenvalue weighted by Gasteiger charge is 2.39. The normalized spacial score (nSPS) is 17.3. The fourth-order valence-electron chi connectivity index (χ4n) is 2.30. The molecular weight excluding hydrogens is 285 g/mol. The van der Waals surface area contributed by atoms with Crippen molar-refractivity contribution in [3.8, 4) is 6.07 Å². The van der Waals surface area contributed by atoms with Crippen LogP contribution in [0.25, 0.3) is 0 Å². The molecule has 2 rings (SSSR count). The van der Waals surface area contributed by atoms with Crippen molar-refractivity contribution < 1.29 is 13.2 Å². The van der Waals surface area contributed by atoms with Crippen molar-refractivity contribution in [3.05, 3.63) is 11.6 Å². The van der Waals surface area contributed by atoms with Gasteiger partial charge in [-0.2, -0.15) is 18.4 Å². The van der Waals surface area contributed by atoms with Gasteiger partial charge in [-0.05, 0) is 13.0 Å². The van der Waals surface area contributed by atoms with E-state index in [0.29, 0.717) is 18.9 Å². The third kappa shape index (κ3) is 3.71. The summed E-state index contributed by atoms with van der Waals surface area (Å²) >= 11 is 0. The summed E-state index contributed by atoms with van der Waals surface area (Å²) in [6, 6.07) is 1.83. The number of halogens is 3. The fourth-order valence-corrected chi connectivity index (χ4v) is 2.30. The predicted molar refractivity (Wildman–Crippen MR) is 68.0 cm³/mol. The first-order chi connectivity index (χ1) is 9.95. The lowest BCUT2D eigenvalue weighted by Crippen LogP contribution is -2.44. The average Bonchev–Trinajstić information content (AvgIpc) is 2.86. The minimum absolute atomic E-state index is 0.184. The standard InChI is InChI=1S/C12H17F3N6/c1-2-3-17-9(6-16)7-20-4-5-21-10(8-20)18-19-11(21)12(13,14)15/h9,17H,2-5,7-8H2,1H3. The van der Waals surface area contributed by atoms with Crippen molar-refractivity contribution in [2.24, 2.45) is 0 Å². The van der Waals surface area contributed by atoms with E-state index < -0.39 is 12.0 Å². The molecule has 9 heteroatoms. The first-order valence-electron chi connectivity index (χ1n) is 6.80. The maximum absolute atomic E-state index is 12.7. The highest BCUT2D eigenvalue weighted by molar-refractivity contribution is 5.03. The van der Waals surface area contributed by atoms with Crippen LogP contribution in [0.1, 0.15) is 25.0 Å².